The molecule has 0 aliphatic carbocycles. The summed E-state index contributed by atoms with van der Waals surface area (Å²) in [7, 11) is 0. The van der Waals surface area contributed by atoms with Gasteiger partial charge in [0.2, 0.25) is 4.73 Å². The highest BCUT2D eigenvalue weighted by Gasteiger charge is 2.22. The van der Waals surface area contributed by atoms with Crippen LogP contribution in [0.1, 0.15) is 26.0 Å². The van der Waals surface area contributed by atoms with Gasteiger partial charge in [-0.25, -0.2) is 15.0 Å². The van der Waals surface area contributed by atoms with Crippen molar-refractivity contribution < 1.29 is 9.47 Å². The number of imidazole rings is 1. The van der Waals surface area contributed by atoms with Crippen LogP contribution in [0.4, 0.5) is 11.5 Å². The highest BCUT2D eigenvalue weighted by molar-refractivity contribution is 9.10. The quantitative estimate of drug-likeness (QED) is 0.647. The zero-order valence-corrected chi connectivity index (χ0v) is 15.4. The Morgan fingerprint density at radius 2 is 2.16 bits per heavy atom. The number of aromatic nitrogens is 4. The van der Waals surface area contributed by atoms with Gasteiger partial charge in [-0.05, 0) is 60.0 Å². The molecule has 8 heteroatoms. The predicted molar refractivity (Wildman–Crippen MR) is 98.1 cm³/mol. The van der Waals surface area contributed by atoms with Crippen molar-refractivity contribution in [3.8, 4) is 5.75 Å². The van der Waals surface area contributed by atoms with Gasteiger partial charge in [-0.15, -0.1) is 0 Å². The normalized spacial score (nSPS) is 17.1. The topological polar surface area (TPSA) is 74.1 Å². The Morgan fingerprint density at radius 3 is 2.88 bits per heavy atom. The second kappa shape index (κ2) is 6.97. The van der Waals surface area contributed by atoms with Gasteiger partial charge in [0.05, 0.1) is 12.9 Å². The standard InChI is InChI=1S/C17H18BrN5O2/c1-2-24-12-7-5-11(6-8-12)20-15-14-16(22-17(18)21-15)23(10-19-14)13-4-3-9-25-13/h5-8,10,13H,2-4,9H2,1H3,(H,20,21,22). The Kier molecular flexibility index (Phi) is 4.54. The molecule has 1 aromatic carbocycles. The van der Waals surface area contributed by atoms with Gasteiger partial charge in [-0.3, -0.25) is 4.57 Å². The largest absolute Gasteiger partial charge is 0.494 e. The summed E-state index contributed by atoms with van der Waals surface area (Å²) in [6.45, 7) is 3.38. The van der Waals surface area contributed by atoms with E-state index in [4.69, 9.17) is 9.47 Å². The number of fused-ring (bicyclic) bond motifs is 1. The van der Waals surface area contributed by atoms with E-state index in [0.29, 0.717) is 22.7 Å². The number of hydrogen-bond acceptors (Lipinski definition) is 6. The van der Waals surface area contributed by atoms with E-state index in [-0.39, 0.29) is 6.23 Å². The Hall–Kier alpha value is -2.19. The summed E-state index contributed by atoms with van der Waals surface area (Å²) in [6.07, 6.45) is 3.78. The van der Waals surface area contributed by atoms with Crippen molar-refractivity contribution in [3.05, 3.63) is 35.3 Å². The molecule has 130 valence electrons. The Morgan fingerprint density at radius 1 is 1.32 bits per heavy atom. The lowest BCUT2D eigenvalue weighted by atomic mass is 10.3. The number of rotatable bonds is 5. The molecular formula is C17H18BrN5O2. The second-order valence-corrected chi connectivity index (χ2v) is 6.42. The van der Waals surface area contributed by atoms with E-state index in [2.05, 4.69) is 36.2 Å². The van der Waals surface area contributed by atoms with Crippen LogP contribution < -0.4 is 10.1 Å². The molecule has 3 heterocycles. The fourth-order valence-electron chi connectivity index (χ4n) is 2.91. The second-order valence-electron chi connectivity index (χ2n) is 5.72. The smallest absolute Gasteiger partial charge is 0.200 e. The summed E-state index contributed by atoms with van der Waals surface area (Å²) in [5.41, 5.74) is 2.37. The van der Waals surface area contributed by atoms with E-state index in [1.165, 1.54) is 0 Å². The maximum Gasteiger partial charge on any atom is 0.200 e. The highest BCUT2D eigenvalue weighted by atomic mass is 79.9. The molecule has 1 unspecified atom stereocenters. The lowest BCUT2D eigenvalue weighted by Gasteiger charge is -2.12. The molecule has 0 radical (unpaired) electrons. The monoisotopic (exact) mass is 403 g/mol. The first-order valence-electron chi connectivity index (χ1n) is 8.26. The van der Waals surface area contributed by atoms with Crippen LogP contribution in [0.5, 0.6) is 5.75 Å². The number of nitrogens with zero attached hydrogens (tertiary/aromatic N) is 4. The van der Waals surface area contributed by atoms with Crippen molar-refractivity contribution >= 4 is 38.6 Å². The molecule has 1 N–H and O–H groups in total. The van der Waals surface area contributed by atoms with E-state index >= 15 is 0 Å². The molecule has 0 amide bonds. The van der Waals surface area contributed by atoms with Gasteiger partial charge in [-0.2, -0.15) is 0 Å². The minimum absolute atomic E-state index is 0.00914. The van der Waals surface area contributed by atoms with Crippen molar-refractivity contribution in [2.45, 2.75) is 26.0 Å². The first kappa shape index (κ1) is 16.3. The first-order valence-corrected chi connectivity index (χ1v) is 9.05. The molecule has 1 saturated heterocycles. The Balaban J connectivity index is 1.67. The third kappa shape index (κ3) is 3.32. The molecular weight excluding hydrogens is 386 g/mol. The maximum atomic E-state index is 5.75. The van der Waals surface area contributed by atoms with Gasteiger partial charge in [0.15, 0.2) is 17.0 Å². The van der Waals surface area contributed by atoms with Gasteiger partial charge >= 0.3 is 0 Å². The minimum Gasteiger partial charge on any atom is -0.494 e. The molecule has 4 rings (SSSR count). The third-order valence-electron chi connectivity index (χ3n) is 4.04. The van der Waals surface area contributed by atoms with Crippen molar-refractivity contribution in [3.63, 3.8) is 0 Å². The zero-order chi connectivity index (χ0) is 17.2. The molecule has 0 bridgehead atoms. The summed E-state index contributed by atoms with van der Waals surface area (Å²) >= 11 is 3.39. The number of halogens is 1. The summed E-state index contributed by atoms with van der Waals surface area (Å²) in [5, 5.41) is 3.31. The van der Waals surface area contributed by atoms with Crippen molar-refractivity contribution in [2.75, 3.05) is 18.5 Å². The summed E-state index contributed by atoms with van der Waals surface area (Å²) < 4.78 is 13.7. The fourth-order valence-corrected chi connectivity index (χ4v) is 3.25. The van der Waals surface area contributed by atoms with E-state index < -0.39 is 0 Å². The third-order valence-corrected chi connectivity index (χ3v) is 4.39. The average molecular weight is 404 g/mol. The van der Waals surface area contributed by atoms with Crippen molar-refractivity contribution in [1.29, 1.82) is 0 Å². The molecule has 1 atom stereocenters. The molecule has 1 aliphatic rings. The summed E-state index contributed by atoms with van der Waals surface area (Å²) in [4.78, 5) is 13.4. The lowest BCUT2D eigenvalue weighted by Crippen LogP contribution is -2.07. The molecule has 7 nitrogen and oxygen atoms in total. The number of ether oxygens (including phenoxy) is 2. The van der Waals surface area contributed by atoms with Gasteiger partial charge < -0.3 is 14.8 Å². The molecule has 25 heavy (non-hydrogen) atoms. The van der Waals surface area contributed by atoms with Crippen LogP contribution in [0, 0.1) is 0 Å². The van der Waals surface area contributed by atoms with Crippen LogP contribution in [0.3, 0.4) is 0 Å². The Labute approximate surface area is 153 Å². The van der Waals surface area contributed by atoms with Crippen LogP contribution in [0.2, 0.25) is 0 Å². The molecule has 0 spiro atoms. The van der Waals surface area contributed by atoms with Gasteiger partial charge in [-0.1, -0.05) is 0 Å². The fraction of sp³-hybridized carbons (Fsp3) is 0.353. The number of anilines is 2. The van der Waals surface area contributed by atoms with E-state index in [0.717, 1.165) is 36.5 Å². The van der Waals surface area contributed by atoms with Gasteiger partial charge in [0.25, 0.3) is 0 Å². The van der Waals surface area contributed by atoms with Crippen LogP contribution in [-0.4, -0.2) is 32.7 Å². The molecule has 2 aromatic heterocycles. The van der Waals surface area contributed by atoms with E-state index in [1.807, 2.05) is 35.8 Å². The highest BCUT2D eigenvalue weighted by Crippen LogP contribution is 2.30. The maximum absolute atomic E-state index is 5.75. The lowest BCUT2D eigenvalue weighted by molar-refractivity contribution is 0.0592. The van der Waals surface area contributed by atoms with Crippen molar-refractivity contribution in [1.82, 2.24) is 19.5 Å². The first-order chi connectivity index (χ1) is 12.2. The minimum atomic E-state index is -0.00914. The zero-order valence-electron chi connectivity index (χ0n) is 13.8. The number of nitrogens with one attached hydrogen (secondary N) is 1. The summed E-state index contributed by atoms with van der Waals surface area (Å²) in [5.74, 6) is 1.49. The van der Waals surface area contributed by atoms with Crippen LogP contribution >= 0.6 is 15.9 Å². The molecule has 1 aliphatic heterocycles. The predicted octanol–water partition coefficient (Wildman–Crippen LogP) is 4.04. The molecule has 3 aromatic rings. The van der Waals surface area contributed by atoms with Gasteiger partial charge in [0.1, 0.15) is 12.0 Å². The number of benzene rings is 1. The Bertz CT molecular complexity index is 875. The molecule has 1 fully saturated rings. The van der Waals surface area contributed by atoms with Crippen LogP contribution in [0.15, 0.2) is 35.3 Å². The number of hydrogen-bond donors (Lipinski definition) is 1. The average Bonchev–Trinajstić information content (AvgIpc) is 3.26. The van der Waals surface area contributed by atoms with Gasteiger partial charge in [0, 0.05) is 12.3 Å². The van der Waals surface area contributed by atoms with E-state index in [1.54, 1.807) is 6.33 Å². The van der Waals surface area contributed by atoms with E-state index in [9.17, 15) is 0 Å². The van der Waals surface area contributed by atoms with Crippen LogP contribution in [0.25, 0.3) is 11.2 Å². The van der Waals surface area contributed by atoms with Crippen molar-refractivity contribution in [2.24, 2.45) is 0 Å². The summed E-state index contributed by atoms with van der Waals surface area (Å²) in [6, 6.07) is 7.74. The SMILES string of the molecule is CCOc1ccc(Nc2nc(Br)nc3c2ncn3C2CCCO2)cc1. The molecule has 0 saturated carbocycles. The van der Waals surface area contributed by atoms with Crippen LogP contribution in [-0.2, 0) is 4.74 Å².